The average Bonchev–Trinajstić information content (AvgIpc) is 2.68. The number of carbonyl (C=O) groups excluding carboxylic acids is 3. The summed E-state index contributed by atoms with van der Waals surface area (Å²) in [6.07, 6.45) is 3.14. The molecule has 0 spiro atoms. The largest absolute Gasteiger partial charge is 0.467 e. The van der Waals surface area contributed by atoms with Gasteiger partial charge in [0.1, 0.15) is 6.04 Å². The molecule has 8 nitrogen and oxygen atoms in total. The summed E-state index contributed by atoms with van der Waals surface area (Å²) in [5.41, 5.74) is 2.57. The topological polar surface area (TPSA) is 107 Å². The van der Waals surface area contributed by atoms with Crippen LogP contribution in [0.3, 0.4) is 0 Å². The Morgan fingerprint density at radius 3 is 2.29 bits per heavy atom. The van der Waals surface area contributed by atoms with Gasteiger partial charge in [-0.2, -0.15) is 0 Å². The fourth-order valence-electron chi connectivity index (χ4n) is 2.62. The van der Waals surface area contributed by atoms with Crippen LogP contribution in [0.5, 0.6) is 0 Å². The molecule has 1 heterocycles. The molecule has 0 radical (unpaired) electrons. The predicted molar refractivity (Wildman–Crippen MR) is 106 cm³/mol. The van der Waals surface area contributed by atoms with Gasteiger partial charge < -0.3 is 14.8 Å². The third-order valence-corrected chi connectivity index (χ3v) is 5.06. The Hall–Kier alpha value is -2.16. The van der Waals surface area contributed by atoms with Crippen LogP contribution in [0.15, 0.2) is 5.16 Å². The summed E-state index contributed by atoms with van der Waals surface area (Å²) >= 11 is 1.46. The third-order valence-electron chi connectivity index (χ3n) is 4.51. The van der Waals surface area contributed by atoms with Gasteiger partial charge in [-0.15, -0.1) is 0 Å². The lowest BCUT2D eigenvalue weighted by atomic mass is 9.99. The van der Waals surface area contributed by atoms with Gasteiger partial charge in [0, 0.05) is 17.8 Å². The van der Waals surface area contributed by atoms with Gasteiger partial charge in [0.25, 0.3) is 5.91 Å². The minimum absolute atomic E-state index is 0.0951. The van der Waals surface area contributed by atoms with Crippen molar-refractivity contribution in [2.45, 2.75) is 58.2 Å². The number of hydrogen-bond donors (Lipinski definition) is 1. The van der Waals surface area contributed by atoms with E-state index in [-0.39, 0.29) is 12.3 Å². The van der Waals surface area contributed by atoms with Crippen LogP contribution in [0.1, 0.15) is 43.6 Å². The average molecular weight is 412 g/mol. The van der Waals surface area contributed by atoms with E-state index in [4.69, 9.17) is 9.47 Å². The van der Waals surface area contributed by atoms with Crippen molar-refractivity contribution in [3.8, 4) is 0 Å². The van der Waals surface area contributed by atoms with Crippen molar-refractivity contribution in [1.82, 2.24) is 15.3 Å². The molecule has 156 valence electrons. The van der Waals surface area contributed by atoms with Gasteiger partial charge in [0.2, 0.25) is 0 Å². The van der Waals surface area contributed by atoms with Crippen molar-refractivity contribution in [2.24, 2.45) is 5.92 Å². The van der Waals surface area contributed by atoms with E-state index in [0.29, 0.717) is 18.0 Å². The van der Waals surface area contributed by atoms with E-state index in [2.05, 4.69) is 15.3 Å². The zero-order chi connectivity index (χ0) is 21.3. The molecule has 1 amide bonds. The molecule has 28 heavy (non-hydrogen) atoms. The molecule has 0 unspecified atom stereocenters. The Morgan fingerprint density at radius 1 is 1.18 bits per heavy atom. The van der Waals surface area contributed by atoms with Crippen LogP contribution >= 0.6 is 11.8 Å². The lowest BCUT2D eigenvalue weighted by Gasteiger charge is -2.21. The summed E-state index contributed by atoms with van der Waals surface area (Å²) in [4.78, 5) is 44.6. The second-order valence-electron chi connectivity index (χ2n) is 6.47. The molecule has 0 bridgehead atoms. The Bertz CT molecular complexity index is 688. The molecular weight excluding hydrogens is 382 g/mol. The van der Waals surface area contributed by atoms with Gasteiger partial charge in [-0.05, 0) is 38.0 Å². The van der Waals surface area contributed by atoms with Crippen molar-refractivity contribution >= 4 is 29.6 Å². The number of carbonyl (C=O) groups is 3. The van der Waals surface area contributed by atoms with Crippen molar-refractivity contribution in [3.63, 3.8) is 0 Å². The van der Waals surface area contributed by atoms with Crippen molar-refractivity contribution in [2.75, 3.05) is 20.0 Å². The summed E-state index contributed by atoms with van der Waals surface area (Å²) in [7, 11) is 1.27. The summed E-state index contributed by atoms with van der Waals surface area (Å²) in [5.74, 6) is -1.65. The molecule has 1 aromatic rings. The SMILES string of the molecule is CC[C@@H](C)[C@H](NC(=O)COC(=O)CCc1c(C)nc(SC)nc1C)C(=O)OC. The number of thioether (sulfide) groups is 1. The van der Waals surface area contributed by atoms with Crippen molar-refractivity contribution < 1.29 is 23.9 Å². The summed E-state index contributed by atoms with van der Waals surface area (Å²) in [6, 6.07) is -0.765. The Balaban J connectivity index is 2.54. The Morgan fingerprint density at radius 2 is 1.79 bits per heavy atom. The van der Waals surface area contributed by atoms with Crippen LogP contribution < -0.4 is 5.32 Å². The van der Waals surface area contributed by atoms with Crippen LogP contribution in [0.25, 0.3) is 0 Å². The van der Waals surface area contributed by atoms with Gasteiger partial charge in [0.05, 0.1) is 7.11 Å². The first-order valence-corrected chi connectivity index (χ1v) is 10.4. The van der Waals surface area contributed by atoms with Crippen LogP contribution in [-0.4, -0.2) is 53.8 Å². The quantitative estimate of drug-likeness (QED) is 0.354. The minimum Gasteiger partial charge on any atom is -0.467 e. The zero-order valence-corrected chi connectivity index (χ0v) is 18.1. The van der Waals surface area contributed by atoms with E-state index >= 15 is 0 Å². The minimum atomic E-state index is -0.765. The molecule has 1 rings (SSSR count). The molecule has 0 fully saturated rings. The highest BCUT2D eigenvalue weighted by Crippen LogP contribution is 2.17. The van der Waals surface area contributed by atoms with E-state index < -0.39 is 30.5 Å². The lowest BCUT2D eigenvalue weighted by Crippen LogP contribution is -2.47. The molecule has 1 aromatic heterocycles. The number of rotatable bonds is 10. The van der Waals surface area contributed by atoms with E-state index in [1.165, 1.54) is 18.9 Å². The number of aromatic nitrogens is 2. The number of methoxy groups -OCH3 is 1. The number of nitrogens with one attached hydrogen (secondary N) is 1. The molecule has 0 aliphatic heterocycles. The second-order valence-corrected chi connectivity index (χ2v) is 7.25. The van der Waals surface area contributed by atoms with Gasteiger partial charge in [-0.25, -0.2) is 14.8 Å². The maximum Gasteiger partial charge on any atom is 0.328 e. The maximum absolute atomic E-state index is 12.0. The van der Waals surface area contributed by atoms with Gasteiger partial charge in [-0.1, -0.05) is 32.0 Å². The highest BCUT2D eigenvalue weighted by atomic mass is 32.2. The molecular formula is C19H29N3O5S. The van der Waals surface area contributed by atoms with Crippen molar-refractivity contribution in [1.29, 1.82) is 0 Å². The van der Waals surface area contributed by atoms with E-state index in [0.717, 1.165) is 17.0 Å². The normalized spacial score (nSPS) is 12.8. The molecule has 1 N–H and O–H groups in total. The molecule has 0 aromatic carbocycles. The van der Waals surface area contributed by atoms with Crippen LogP contribution in [0, 0.1) is 19.8 Å². The first kappa shape index (κ1) is 23.9. The number of esters is 2. The van der Waals surface area contributed by atoms with Gasteiger partial charge in [-0.3, -0.25) is 9.59 Å². The zero-order valence-electron chi connectivity index (χ0n) is 17.3. The maximum atomic E-state index is 12.0. The van der Waals surface area contributed by atoms with E-state index in [9.17, 15) is 14.4 Å². The molecule has 0 saturated heterocycles. The fraction of sp³-hybridized carbons (Fsp3) is 0.632. The standard InChI is InChI=1S/C19H29N3O5S/c1-7-11(2)17(18(25)26-5)22-15(23)10-27-16(24)9-8-14-12(3)20-19(28-6)21-13(14)4/h11,17H,7-10H2,1-6H3,(H,22,23)/t11-,17+/m1/s1. The number of hydrogen-bond acceptors (Lipinski definition) is 8. The van der Waals surface area contributed by atoms with Crippen LogP contribution in [-0.2, 0) is 30.3 Å². The second kappa shape index (κ2) is 11.6. The Labute approximate surface area is 170 Å². The summed E-state index contributed by atoms with van der Waals surface area (Å²) in [5, 5.41) is 3.26. The van der Waals surface area contributed by atoms with E-state index in [1.807, 2.05) is 34.0 Å². The number of nitrogens with zero attached hydrogens (tertiary/aromatic N) is 2. The monoisotopic (exact) mass is 411 g/mol. The van der Waals surface area contributed by atoms with Gasteiger partial charge >= 0.3 is 11.9 Å². The first-order chi connectivity index (χ1) is 13.2. The molecule has 2 atom stereocenters. The highest BCUT2D eigenvalue weighted by Gasteiger charge is 2.27. The Kier molecular flexibility index (Phi) is 9.92. The summed E-state index contributed by atoms with van der Waals surface area (Å²) in [6.45, 7) is 7.06. The molecule has 0 aliphatic rings. The van der Waals surface area contributed by atoms with Crippen LogP contribution in [0.2, 0.25) is 0 Å². The molecule has 9 heteroatoms. The van der Waals surface area contributed by atoms with Crippen LogP contribution in [0.4, 0.5) is 0 Å². The third kappa shape index (κ3) is 7.10. The van der Waals surface area contributed by atoms with E-state index in [1.54, 1.807) is 0 Å². The number of aryl methyl sites for hydroxylation is 2. The lowest BCUT2D eigenvalue weighted by molar-refractivity contribution is -0.151. The van der Waals surface area contributed by atoms with Gasteiger partial charge in [0.15, 0.2) is 11.8 Å². The molecule has 0 saturated carbocycles. The fourth-order valence-corrected chi connectivity index (χ4v) is 3.07. The number of amides is 1. The van der Waals surface area contributed by atoms with Crippen molar-refractivity contribution in [3.05, 3.63) is 17.0 Å². The first-order valence-electron chi connectivity index (χ1n) is 9.14. The summed E-state index contributed by atoms with van der Waals surface area (Å²) < 4.78 is 9.74. The number of ether oxygens (including phenoxy) is 2. The molecule has 0 aliphatic carbocycles. The predicted octanol–water partition coefficient (Wildman–Crippen LogP) is 2.00. The highest BCUT2D eigenvalue weighted by molar-refractivity contribution is 7.98. The smallest absolute Gasteiger partial charge is 0.328 e.